The highest BCUT2D eigenvalue weighted by molar-refractivity contribution is 6.55. The van der Waals surface area contributed by atoms with Crippen molar-refractivity contribution in [2.24, 2.45) is 15.7 Å². The number of hydrogen-bond donors (Lipinski definition) is 2. The maximum atomic E-state index is 11.2. The van der Waals surface area contributed by atoms with E-state index in [1.54, 1.807) is 12.3 Å². The summed E-state index contributed by atoms with van der Waals surface area (Å²) in [4.78, 5) is 22.4. The number of rotatable bonds is 8. The van der Waals surface area contributed by atoms with Gasteiger partial charge in [-0.05, 0) is 30.2 Å². The van der Waals surface area contributed by atoms with Gasteiger partial charge in [0.2, 0.25) is 5.56 Å². The molecule has 2 aromatic rings. The molecule has 0 fully saturated rings. The Balaban J connectivity index is 2.05. The lowest BCUT2D eigenvalue weighted by atomic mass is 10.1. The first-order valence-corrected chi connectivity index (χ1v) is 11.9. The van der Waals surface area contributed by atoms with Crippen LogP contribution in [0.2, 0.25) is 19.1 Å². The minimum atomic E-state index is -0.295. The summed E-state index contributed by atoms with van der Waals surface area (Å²) in [5, 5.41) is 0. The largest absolute Gasteiger partial charge is 0.464 e. The molecule has 0 spiro atoms. The quantitative estimate of drug-likeness (QED) is 0.308. The molecule has 1 heterocycles. The van der Waals surface area contributed by atoms with Crippen molar-refractivity contribution in [2.45, 2.75) is 26.1 Å². The van der Waals surface area contributed by atoms with Crippen LogP contribution in [0.4, 0.5) is 0 Å². The number of nitrogens with zero attached hydrogens (tertiary/aromatic N) is 2. The number of H-pyrrole nitrogens is 1. The number of ether oxygens (including phenoxy) is 2. The van der Waals surface area contributed by atoms with Gasteiger partial charge < -0.3 is 20.2 Å². The van der Waals surface area contributed by atoms with E-state index in [1.165, 1.54) is 6.07 Å². The molecule has 149 valence electrons. The molecule has 0 saturated heterocycles. The molecule has 0 aliphatic rings. The van der Waals surface area contributed by atoms with E-state index in [0.717, 1.165) is 22.7 Å². The predicted octanol–water partition coefficient (Wildman–Crippen LogP) is 2.87. The van der Waals surface area contributed by atoms with Crippen LogP contribution in [0.15, 0.2) is 57.4 Å². The van der Waals surface area contributed by atoms with E-state index in [2.05, 4.69) is 28.1 Å². The topological polar surface area (TPSA) is 102 Å². The Bertz CT molecular complexity index is 840. The molecule has 2 rings (SSSR count). The average Bonchev–Trinajstić information content (AvgIpc) is 2.68. The molecule has 0 amide bonds. The fourth-order valence-electron chi connectivity index (χ4n) is 2.28. The molecule has 7 nitrogen and oxygen atoms in total. The highest BCUT2D eigenvalue weighted by atomic mass is 28.3. The Morgan fingerprint density at radius 1 is 1.14 bits per heavy atom. The molecular weight excluding hydrogens is 372 g/mol. The minimum Gasteiger partial charge on any atom is -0.464 e. The van der Waals surface area contributed by atoms with Crippen molar-refractivity contribution in [3.05, 3.63) is 58.5 Å². The van der Waals surface area contributed by atoms with Gasteiger partial charge in [-0.15, -0.1) is 0 Å². The van der Waals surface area contributed by atoms with E-state index < -0.39 is 0 Å². The summed E-state index contributed by atoms with van der Waals surface area (Å²) in [7, 11) is -0.295. The van der Waals surface area contributed by atoms with Gasteiger partial charge in [-0.25, -0.2) is 4.99 Å². The third kappa shape index (κ3) is 7.13. The summed E-state index contributed by atoms with van der Waals surface area (Å²) >= 11 is 0. The van der Waals surface area contributed by atoms with Crippen LogP contribution < -0.4 is 11.3 Å². The van der Waals surface area contributed by atoms with Crippen LogP contribution in [-0.2, 0) is 9.47 Å². The lowest BCUT2D eigenvalue weighted by Crippen LogP contribution is -2.17. The maximum absolute atomic E-state index is 11.2. The molecule has 0 unspecified atom stereocenters. The van der Waals surface area contributed by atoms with Crippen molar-refractivity contribution in [1.29, 1.82) is 0 Å². The van der Waals surface area contributed by atoms with Crippen molar-refractivity contribution in [1.82, 2.24) is 4.98 Å². The second kappa shape index (κ2) is 11.2. The number of aliphatic imine (C=N–C) groups is 2. The fourth-order valence-corrected chi connectivity index (χ4v) is 2.83. The van der Waals surface area contributed by atoms with Crippen LogP contribution in [0.3, 0.4) is 0 Å². The molecule has 0 aliphatic carbocycles. The Hall–Kier alpha value is -2.71. The van der Waals surface area contributed by atoms with Crippen LogP contribution in [0.1, 0.15) is 12.5 Å². The second-order valence-corrected chi connectivity index (χ2v) is 9.30. The fraction of sp³-hybridized carbons (Fsp3) is 0.350. The molecule has 3 N–H and O–H groups in total. The van der Waals surface area contributed by atoms with Gasteiger partial charge in [-0.3, -0.25) is 4.79 Å². The molecule has 0 aliphatic heterocycles. The first-order valence-electron chi connectivity index (χ1n) is 9.17. The van der Waals surface area contributed by atoms with Crippen molar-refractivity contribution in [3.8, 4) is 11.1 Å². The number of nitrogens with one attached hydrogen (secondary N) is 1. The molecule has 1 aromatic heterocycles. The molecule has 0 saturated carbocycles. The monoisotopic (exact) mass is 399 g/mol. The average molecular weight is 400 g/mol. The van der Waals surface area contributed by atoms with Gasteiger partial charge >= 0.3 is 6.02 Å². The summed E-state index contributed by atoms with van der Waals surface area (Å²) in [6.45, 7) is 7.69. The van der Waals surface area contributed by atoms with Gasteiger partial charge in [0.25, 0.3) is 0 Å². The summed E-state index contributed by atoms with van der Waals surface area (Å²) in [5.74, 6) is 0.313. The van der Waals surface area contributed by atoms with Gasteiger partial charge in [-0.1, -0.05) is 37.4 Å². The predicted molar refractivity (Wildman–Crippen MR) is 115 cm³/mol. The minimum absolute atomic E-state index is 0.130. The van der Waals surface area contributed by atoms with Crippen LogP contribution in [0.5, 0.6) is 0 Å². The van der Waals surface area contributed by atoms with Crippen LogP contribution in [0.25, 0.3) is 11.1 Å². The van der Waals surface area contributed by atoms with Crippen molar-refractivity contribution >= 4 is 20.7 Å². The normalized spacial score (nSPS) is 12.4. The number of aromatic nitrogens is 1. The van der Waals surface area contributed by atoms with Gasteiger partial charge in [0.05, 0.1) is 6.61 Å². The number of amidine groups is 2. The molecule has 1 aromatic carbocycles. The van der Waals surface area contributed by atoms with Crippen LogP contribution >= 0.6 is 0 Å². The zero-order chi connectivity index (χ0) is 20.4. The SMILES string of the molecule is CCOC(=NCOCC[Si](C)C)N=C(N)c1ccc(-c2ccc(=O)[nH]c2)cc1. The van der Waals surface area contributed by atoms with Gasteiger partial charge in [0.1, 0.15) is 12.6 Å². The van der Waals surface area contributed by atoms with Crippen molar-refractivity contribution in [3.63, 3.8) is 0 Å². The zero-order valence-corrected chi connectivity index (χ0v) is 17.6. The van der Waals surface area contributed by atoms with E-state index in [-0.39, 0.29) is 27.1 Å². The van der Waals surface area contributed by atoms with E-state index in [9.17, 15) is 4.79 Å². The lowest BCUT2D eigenvalue weighted by molar-refractivity contribution is 0.153. The molecule has 0 bridgehead atoms. The summed E-state index contributed by atoms with van der Waals surface area (Å²) in [6, 6.07) is 12.1. The first kappa shape index (κ1) is 21.6. The van der Waals surface area contributed by atoms with E-state index in [1.807, 2.05) is 31.2 Å². The second-order valence-electron chi connectivity index (χ2n) is 6.38. The summed E-state index contributed by atoms with van der Waals surface area (Å²) < 4.78 is 10.9. The van der Waals surface area contributed by atoms with E-state index >= 15 is 0 Å². The van der Waals surface area contributed by atoms with Crippen LogP contribution in [0, 0.1) is 0 Å². The van der Waals surface area contributed by atoms with Gasteiger partial charge in [0, 0.05) is 33.2 Å². The molecule has 28 heavy (non-hydrogen) atoms. The molecule has 8 heteroatoms. The third-order valence-corrected chi connectivity index (χ3v) is 5.03. The number of benzene rings is 1. The number of pyridine rings is 1. The zero-order valence-electron chi connectivity index (χ0n) is 16.6. The van der Waals surface area contributed by atoms with E-state index in [4.69, 9.17) is 15.2 Å². The maximum Gasteiger partial charge on any atom is 0.315 e. The standard InChI is InChI=1S/C20H27N4O3Si/c1-4-27-20(23-14-26-11-12-28(2)3)24-19(21)16-7-5-15(6-8-16)17-9-10-18(25)22-13-17/h5-10,13H,4,11-12,14H2,1-3H3,(H,22,25)(H2,21,23,24). The van der Waals surface area contributed by atoms with Crippen molar-refractivity contribution < 1.29 is 9.47 Å². The van der Waals surface area contributed by atoms with Crippen molar-refractivity contribution in [2.75, 3.05) is 19.9 Å². The Morgan fingerprint density at radius 3 is 2.46 bits per heavy atom. The van der Waals surface area contributed by atoms with Gasteiger partial charge in [0.15, 0.2) is 0 Å². The third-order valence-electron chi connectivity index (χ3n) is 3.83. The highest BCUT2D eigenvalue weighted by Crippen LogP contribution is 2.17. The Morgan fingerprint density at radius 2 is 1.86 bits per heavy atom. The number of hydrogen-bond acceptors (Lipinski definition) is 4. The highest BCUT2D eigenvalue weighted by Gasteiger charge is 2.05. The van der Waals surface area contributed by atoms with Crippen LogP contribution in [-0.4, -0.2) is 45.6 Å². The molecule has 1 radical (unpaired) electrons. The number of nitrogens with two attached hydrogens (primary N) is 1. The van der Waals surface area contributed by atoms with Gasteiger partial charge in [-0.2, -0.15) is 4.99 Å². The molecule has 0 atom stereocenters. The smallest absolute Gasteiger partial charge is 0.315 e. The summed E-state index contributed by atoms with van der Waals surface area (Å²) in [5.41, 5.74) is 8.62. The lowest BCUT2D eigenvalue weighted by Gasteiger charge is -2.07. The Kier molecular flexibility index (Phi) is 8.64. The molecular formula is C20H27N4O3Si. The van der Waals surface area contributed by atoms with E-state index in [0.29, 0.717) is 19.0 Å². The summed E-state index contributed by atoms with van der Waals surface area (Å²) in [6.07, 6.45) is 1.68. The first-order chi connectivity index (χ1) is 13.5. The number of aromatic amines is 1. The Labute approximate surface area is 166 Å².